The lowest BCUT2D eigenvalue weighted by Gasteiger charge is -2.18. The smallest absolute Gasteiger partial charge is 0.274 e. The quantitative estimate of drug-likeness (QED) is 0.529. The second-order valence-electron chi connectivity index (χ2n) is 4.23. The molecule has 1 amide bonds. The molecule has 104 valence electrons. The van der Waals surface area contributed by atoms with Crippen LogP contribution < -0.4 is 11.3 Å². The molecule has 19 heavy (non-hydrogen) atoms. The summed E-state index contributed by atoms with van der Waals surface area (Å²) in [6.07, 6.45) is 3.11. The second-order valence-corrected chi connectivity index (χ2v) is 6.53. The first-order chi connectivity index (χ1) is 9.02. The van der Waals surface area contributed by atoms with Crippen molar-refractivity contribution in [1.29, 1.82) is 0 Å². The number of hydrazine groups is 1. The normalized spacial score (nSPS) is 18.7. The first-order valence-electron chi connectivity index (χ1n) is 5.80. The van der Waals surface area contributed by atoms with Gasteiger partial charge in [0.05, 0.1) is 23.9 Å². The zero-order chi connectivity index (χ0) is 13.9. The van der Waals surface area contributed by atoms with E-state index < -0.39 is 9.84 Å². The van der Waals surface area contributed by atoms with E-state index in [1.165, 1.54) is 17.3 Å². The van der Waals surface area contributed by atoms with Crippen molar-refractivity contribution in [1.82, 2.24) is 14.9 Å². The van der Waals surface area contributed by atoms with Crippen LogP contribution in [0.5, 0.6) is 0 Å². The van der Waals surface area contributed by atoms with Crippen LogP contribution in [0.15, 0.2) is 12.4 Å². The third-order valence-corrected chi connectivity index (χ3v) is 4.58. The van der Waals surface area contributed by atoms with Crippen molar-refractivity contribution < 1.29 is 13.2 Å². The van der Waals surface area contributed by atoms with Gasteiger partial charge in [-0.05, 0) is 6.42 Å². The number of nitrogens with two attached hydrogens (primary N) is 1. The maximum atomic E-state index is 12.1. The fourth-order valence-electron chi connectivity index (χ4n) is 1.82. The average molecular weight is 285 g/mol. The van der Waals surface area contributed by atoms with E-state index >= 15 is 0 Å². The van der Waals surface area contributed by atoms with Crippen molar-refractivity contribution >= 4 is 21.6 Å². The van der Waals surface area contributed by atoms with Crippen LogP contribution in [0, 0.1) is 0 Å². The number of nitrogens with zero attached hydrogens (tertiary/aromatic N) is 3. The standard InChI is InChI=1S/C10H15N5O3S/c11-14-9-7-12-8(6-13-9)10(16)15-2-1-4-19(17,18)5-3-15/h6-7H,1-5,11H2,(H,13,14). The number of aromatic nitrogens is 2. The SMILES string of the molecule is NNc1cnc(C(=O)N2CCCS(=O)(=O)CC2)cn1. The largest absolute Gasteiger partial charge is 0.336 e. The molecule has 0 saturated carbocycles. The molecular weight excluding hydrogens is 270 g/mol. The van der Waals surface area contributed by atoms with E-state index in [1.54, 1.807) is 0 Å². The molecule has 0 radical (unpaired) electrons. The van der Waals surface area contributed by atoms with Gasteiger partial charge in [0.1, 0.15) is 5.69 Å². The summed E-state index contributed by atoms with van der Waals surface area (Å²) >= 11 is 0. The predicted octanol–water partition coefficient (Wildman–Crippen LogP) is -0.977. The molecule has 1 saturated heterocycles. The fraction of sp³-hybridized carbons (Fsp3) is 0.500. The summed E-state index contributed by atoms with van der Waals surface area (Å²) < 4.78 is 22.9. The van der Waals surface area contributed by atoms with Crippen molar-refractivity contribution in [3.63, 3.8) is 0 Å². The summed E-state index contributed by atoms with van der Waals surface area (Å²) in [6.45, 7) is 0.608. The van der Waals surface area contributed by atoms with E-state index in [2.05, 4.69) is 15.4 Å². The van der Waals surface area contributed by atoms with Crippen LogP contribution in [0.2, 0.25) is 0 Å². The van der Waals surface area contributed by atoms with Gasteiger partial charge >= 0.3 is 0 Å². The monoisotopic (exact) mass is 285 g/mol. The molecule has 1 aromatic heterocycles. The van der Waals surface area contributed by atoms with Crippen LogP contribution in [-0.4, -0.2) is 53.8 Å². The molecule has 3 N–H and O–H groups in total. The van der Waals surface area contributed by atoms with Gasteiger partial charge in [-0.1, -0.05) is 0 Å². The second kappa shape index (κ2) is 5.49. The Kier molecular flexibility index (Phi) is 3.96. The third-order valence-electron chi connectivity index (χ3n) is 2.86. The Morgan fingerprint density at radius 3 is 2.68 bits per heavy atom. The molecule has 9 heteroatoms. The van der Waals surface area contributed by atoms with Crippen molar-refractivity contribution in [3.8, 4) is 0 Å². The minimum atomic E-state index is -3.03. The van der Waals surface area contributed by atoms with Gasteiger partial charge < -0.3 is 10.3 Å². The van der Waals surface area contributed by atoms with Gasteiger partial charge in [0.2, 0.25) is 0 Å². The number of hydrogen-bond acceptors (Lipinski definition) is 7. The lowest BCUT2D eigenvalue weighted by molar-refractivity contribution is 0.0762. The van der Waals surface area contributed by atoms with E-state index in [0.29, 0.717) is 18.8 Å². The Balaban J connectivity index is 2.10. The van der Waals surface area contributed by atoms with Crippen LogP contribution in [0.3, 0.4) is 0 Å². The Bertz CT molecular complexity index is 557. The van der Waals surface area contributed by atoms with Crippen LogP contribution in [0.1, 0.15) is 16.9 Å². The van der Waals surface area contributed by atoms with E-state index in [1.807, 2.05) is 0 Å². The Morgan fingerprint density at radius 1 is 1.26 bits per heavy atom. The number of nitrogens with one attached hydrogen (secondary N) is 1. The number of anilines is 1. The summed E-state index contributed by atoms with van der Waals surface area (Å²) in [5, 5.41) is 0. The van der Waals surface area contributed by atoms with Crippen LogP contribution in [0.25, 0.3) is 0 Å². The van der Waals surface area contributed by atoms with Gasteiger partial charge in [0.15, 0.2) is 15.7 Å². The zero-order valence-corrected chi connectivity index (χ0v) is 11.1. The average Bonchev–Trinajstić information content (AvgIpc) is 2.59. The summed E-state index contributed by atoms with van der Waals surface area (Å²) in [6, 6.07) is 0. The number of hydrogen-bond donors (Lipinski definition) is 2. The molecule has 0 bridgehead atoms. The highest BCUT2D eigenvalue weighted by Gasteiger charge is 2.24. The molecule has 1 fully saturated rings. The molecule has 8 nitrogen and oxygen atoms in total. The number of sulfone groups is 1. The van der Waals surface area contributed by atoms with Crippen molar-refractivity contribution in [2.45, 2.75) is 6.42 Å². The number of nitrogen functional groups attached to an aromatic ring is 1. The molecule has 2 heterocycles. The van der Waals surface area contributed by atoms with Crippen molar-refractivity contribution in [3.05, 3.63) is 18.1 Å². The summed E-state index contributed by atoms with van der Waals surface area (Å²) in [7, 11) is -3.03. The summed E-state index contributed by atoms with van der Waals surface area (Å²) in [5.41, 5.74) is 2.49. The lowest BCUT2D eigenvalue weighted by Crippen LogP contribution is -2.34. The Morgan fingerprint density at radius 2 is 2.05 bits per heavy atom. The highest BCUT2D eigenvalue weighted by atomic mass is 32.2. The van der Waals surface area contributed by atoms with Crippen LogP contribution in [0.4, 0.5) is 5.82 Å². The van der Waals surface area contributed by atoms with Crippen molar-refractivity contribution in [2.75, 3.05) is 30.0 Å². The van der Waals surface area contributed by atoms with Crippen LogP contribution >= 0.6 is 0 Å². The Labute approximate surface area is 110 Å². The number of amides is 1. The first-order valence-corrected chi connectivity index (χ1v) is 7.62. The lowest BCUT2D eigenvalue weighted by atomic mass is 10.3. The molecule has 0 unspecified atom stereocenters. The highest BCUT2D eigenvalue weighted by Crippen LogP contribution is 2.09. The molecule has 0 spiro atoms. The van der Waals surface area contributed by atoms with E-state index in [4.69, 9.17) is 5.84 Å². The number of rotatable bonds is 2. The van der Waals surface area contributed by atoms with Crippen molar-refractivity contribution in [2.24, 2.45) is 5.84 Å². The minimum Gasteiger partial charge on any atom is -0.336 e. The summed E-state index contributed by atoms with van der Waals surface area (Å²) in [5.74, 6) is 5.32. The van der Waals surface area contributed by atoms with Gasteiger partial charge in [0.25, 0.3) is 5.91 Å². The van der Waals surface area contributed by atoms with Crippen LogP contribution in [-0.2, 0) is 9.84 Å². The zero-order valence-electron chi connectivity index (χ0n) is 10.2. The molecular formula is C10H15N5O3S. The van der Waals surface area contributed by atoms with E-state index in [0.717, 1.165) is 0 Å². The van der Waals surface area contributed by atoms with E-state index in [9.17, 15) is 13.2 Å². The molecule has 1 aliphatic heterocycles. The van der Waals surface area contributed by atoms with Gasteiger partial charge in [-0.15, -0.1) is 0 Å². The highest BCUT2D eigenvalue weighted by molar-refractivity contribution is 7.91. The van der Waals surface area contributed by atoms with Gasteiger partial charge in [-0.2, -0.15) is 0 Å². The fourth-order valence-corrected chi connectivity index (χ4v) is 3.09. The molecule has 0 aromatic carbocycles. The Hall–Kier alpha value is -1.74. The molecule has 0 atom stereocenters. The molecule has 1 aliphatic rings. The molecule has 1 aromatic rings. The maximum Gasteiger partial charge on any atom is 0.274 e. The third kappa shape index (κ3) is 3.38. The van der Waals surface area contributed by atoms with Gasteiger partial charge in [0, 0.05) is 13.1 Å². The molecule has 0 aliphatic carbocycles. The number of carbonyl (C=O) groups excluding carboxylic acids is 1. The maximum absolute atomic E-state index is 12.1. The minimum absolute atomic E-state index is 0.00535. The molecule has 2 rings (SSSR count). The van der Waals surface area contributed by atoms with Gasteiger partial charge in [-0.25, -0.2) is 24.2 Å². The van der Waals surface area contributed by atoms with Gasteiger partial charge in [-0.3, -0.25) is 4.79 Å². The van der Waals surface area contributed by atoms with E-state index in [-0.39, 0.29) is 29.7 Å². The topological polar surface area (TPSA) is 118 Å². The first kappa shape index (κ1) is 13.7. The summed E-state index contributed by atoms with van der Waals surface area (Å²) in [4.78, 5) is 21.5. The number of carbonyl (C=O) groups is 1. The predicted molar refractivity (Wildman–Crippen MR) is 69.0 cm³/mol.